The molecule has 3 amide bonds. The summed E-state index contributed by atoms with van der Waals surface area (Å²) in [4.78, 5) is 54.2. The minimum atomic E-state index is -1.17. The van der Waals surface area contributed by atoms with Crippen LogP contribution in [-0.2, 0) is 19.1 Å². The number of thioether (sulfide) groups is 1. The van der Waals surface area contributed by atoms with Gasteiger partial charge in [0.05, 0.1) is 11.3 Å². The van der Waals surface area contributed by atoms with Gasteiger partial charge >= 0.3 is 12.1 Å². The number of allylic oxidation sites excluding steroid dienone is 1. The molecule has 1 aromatic rings. The fourth-order valence-corrected chi connectivity index (χ4v) is 5.01. The lowest BCUT2D eigenvalue weighted by atomic mass is 10.0. The SMILES string of the molecule is CC/C=C(\C(=O)N[C@@H]1C(=O)N2C(C(=O)O)=CCS[C@@H]12)c1csc(NC(=O)OC(C)(C)C)n1. The largest absolute Gasteiger partial charge is 0.477 e. The van der Waals surface area contributed by atoms with Crippen LogP contribution in [0.4, 0.5) is 9.93 Å². The second-order valence-electron chi connectivity index (χ2n) is 7.97. The quantitative estimate of drug-likeness (QED) is 0.417. The van der Waals surface area contributed by atoms with E-state index < -0.39 is 40.9 Å². The first kappa shape index (κ1) is 23.8. The molecule has 12 heteroatoms. The number of fused-ring (bicyclic) bond motifs is 1. The Labute approximate surface area is 193 Å². The van der Waals surface area contributed by atoms with Crippen molar-refractivity contribution in [2.45, 2.75) is 51.1 Å². The molecule has 0 aromatic carbocycles. The van der Waals surface area contributed by atoms with Gasteiger partial charge in [-0.15, -0.1) is 23.1 Å². The zero-order valence-electron chi connectivity index (χ0n) is 18.0. The van der Waals surface area contributed by atoms with E-state index in [-0.39, 0.29) is 16.4 Å². The summed E-state index contributed by atoms with van der Waals surface area (Å²) in [5, 5.41) is 15.9. The molecule has 3 heterocycles. The van der Waals surface area contributed by atoms with Gasteiger partial charge < -0.3 is 15.2 Å². The Balaban J connectivity index is 1.69. The van der Waals surface area contributed by atoms with E-state index in [0.717, 1.165) is 11.3 Å². The molecule has 2 aliphatic heterocycles. The number of ether oxygens (including phenoxy) is 1. The van der Waals surface area contributed by atoms with Crippen molar-refractivity contribution in [1.82, 2.24) is 15.2 Å². The molecule has 32 heavy (non-hydrogen) atoms. The van der Waals surface area contributed by atoms with Crippen LogP contribution in [0.25, 0.3) is 5.57 Å². The standard InChI is InChI=1S/C20H24N4O6S2/c1-5-6-10(11-9-32-18(21-11)23-19(29)30-20(2,3)4)14(25)22-13-15(26)24-12(17(27)28)7-8-31-16(13)24/h6-7,9,13,16H,5,8H2,1-4H3,(H,22,25)(H,27,28)(H,21,23,29)/b10-6-/t13-,16+/m1/s1. The van der Waals surface area contributed by atoms with Crippen LogP contribution in [0.3, 0.4) is 0 Å². The molecule has 10 nitrogen and oxygen atoms in total. The molecule has 0 spiro atoms. The van der Waals surface area contributed by atoms with Crippen LogP contribution in [0.1, 0.15) is 39.8 Å². The molecule has 1 fully saturated rings. The number of nitrogens with zero attached hydrogens (tertiary/aromatic N) is 2. The van der Waals surface area contributed by atoms with Gasteiger partial charge in [0.2, 0.25) is 0 Å². The number of carbonyl (C=O) groups excluding carboxylic acids is 3. The molecule has 0 unspecified atom stereocenters. The number of rotatable bonds is 6. The van der Waals surface area contributed by atoms with Gasteiger partial charge in [0, 0.05) is 11.1 Å². The van der Waals surface area contributed by atoms with Crippen molar-refractivity contribution in [3.63, 3.8) is 0 Å². The minimum absolute atomic E-state index is 0.0640. The van der Waals surface area contributed by atoms with E-state index in [2.05, 4.69) is 15.6 Å². The lowest BCUT2D eigenvalue weighted by Crippen LogP contribution is -2.70. The number of aliphatic carboxylic acids is 1. The number of carboxylic acids is 1. The molecule has 0 saturated carbocycles. The summed E-state index contributed by atoms with van der Waals surface area (Å²) < 4.78 is 5.20. The Morgan fingerprint density at radius 2 is 2.09 bits per heavy atom. The zero-order valence-corrected chi connectivity index (χ0v) is 19.6. The molecule has 0 aliphatic carbocycles. The van der Waals surface area contributed by atoms with Crippen LogP contribution in [-0.4, -0.2) is 61.6 Å². The Kier molecular flexibility index (Phi) is 6.94. The highest BCUT2D eigenvalue weighted by molar-refractivity contribution is 8.00. The molecule has 1 aromatic heterocycles. The first-order chi connectivity index (χ1) is 15.0. The minimum Gasteiger partial charge on any atom is -0.477 e. The molecule has 0 radical (unpaired) electrons. The summed E-state index contributed by atoms with van der Waals surface area (Å²) in [6, 6.07) is -0.825. The Morgan fingerprint density at radius 1 is 1.38 bits per heavy atom. The normalized spacial score (nSPS) is 20.6. The summed E-state index contributed by atoms with van der Waals surface area (Å²) in [5.41, 5.74) is -0.104. The molecule has 172 valence electrons. The van der Waals surface area contributed by atoms with E-state index in [1.807, 2.05) is 6.92 Å². The Hall–Kier alpha value is -2.86. The van der Waals surface area contributed by atoms with Crippen LogP contribution < -0.4 is 10.6 Å². The van der Waals surface area contributed by atoms with Gasteiger partial charge in [-0.3, -0.25) is 19.8 Å². The topological polar surface area (TPSA) is 138 Å². The first-order valence-corrected chi connectivity index (χ1v) is 11.8. The summed E-state index contributed by atoms with van der Waals surface area (Å²) in [6.07, 6.45) is 3.06. The summed E-state index contributed by atoms with van der Waals surface area (Å²) in [7, 11) is 0. The monoisotopic (exact) mass is 480 g/mol. The van der Waals surface area contributed by atoms with Crippen LogP contribution in [0.5, 0.6) is 0 Å². The Bertz CT molecular complexity index is 1010. The molecular formula is C20H24N4O6S2. The second-order valence-corrected chi connectivity index (χ2v) is 9.98. The Morgan fingerprint density at radius 3 is 2.72 bits per heavy atom. The molecule has 0 bridgehead atoms. The van der Waals surface area contributed by atoms with Crippen LogP contribution >= 0.6 is 23.1 Å². The van der Waals surface area contributed by atoms with E-state index in [4.69, 9.17) is 4.74 Å². The third-order valence-electron chi connectivity index (χ3n) is 4.39. The third kappa shape index (κ3) is 5.13. The number of carboxylic acid groups (broad SMARTS) is 1. The zero-order chi connectivity index (χ0) is 23.6. The summed E-state index contributed by atoms with van der Waals surface area (Å²) in [5.74, 6) is -1.70. The van der Waals surface area contributed by atoms with Crippen molar-refractivity contribution in [3.8, 4) is 0 Å². The van der Waals surface area contributed by atoms with Gasteiger partial charge in [0.25, 0.3) is 11.8 Å². The van der Waals surface area contributed by atoms with Crippen molar-refractivity contribution in [1.29, 1.82) is 0 Å². The molecule has 1 saturated heterocycles. The maximum Gasteiger partial charge on any atom is 0.413 e. The number of anilines is 1. The highest BCUT2D eigenvalue weighted by Gasteiger charge is 2.52. The fourth-order valence-electron chi connectivity index (χ4n) is 3.12. The predicted octanol–water partition coefficient (Wildman–Crippen LogP) is 2.65. The van der Waals surface area contributed by atoms with Gasteiger partial charge in [-0.2, -0.15) is 0 Å². The molecular weight excluding hydrogens is 456 g/mol. The molecule has 3 N–H and O–H groups in total. The maximum absolute atomic E-state index is 13.0. The average Bonchev–Trinajstić information content (AvgIpc) is 3.15. The van der Waals surface area contributed by atoms with E-state index in [9.17, 15) is 24.3 Å². The molecule has 2 aliphatic rings. The van der Waals surface area contributed by atoms with E-state index in [1.54, 1.807) is 32.2 Å². The number of amides is 3. The number of carbonyl (C=O) groups is 4. The number of β-lactam (4-membered cyclic amide) rings is 1. The summed E-state index contributed by atoms with van der Waals surface area (Å²) in [6.45, 7) is 7.09. The molecule has 3 rings (SSSR count). The van der Waals surface area contributed by atoms with E-state index >= 15 is 0 Å². The molecule has 2 atom stereocenters. The highest BCUT2D eigenvalue weighted by atomic mass is 32.2. The highest BCUT2D eigenvalue weighted by Crippen LogP contribution is 2.37. The van der Waals surface area contributed by atoms with Crippen LogP contribution in [0, 0.1) is 0 Å². The first-order valence-electron chi connectivity index (χ1n) is 9.87. The number of thiazole rings is 1. The fraction of sp³-hybridized carbons (Fsp3) is 0.450. The van der Waals surface area contributed by atoms with Gasteiger partial charge in [0.1, 0.15) is 22.7 Å². The van der Waals surface area contributed by atoms with Crippen LogP contribution in [0.15, 0.2) is 23.2 Å². The van der Waals surface area contributed by atoms with Gasteiger partial charge in [0.15, 0.2) is 5.13 Å². The van der Waals surface area contributed by atoms with Gasteiger partial charge in [-0.1, -0.05) is 13.0 Å². The predicted molar refractivity (Wildman–Crippen MR) is 121 cm³/mol. The smallest absolute Gasteiger partial charge is 0.413 e. The van der Waals surface area contributed by atoms with E-state index in [1.165, 1.54) is 22.7 Å². The number of hydrogen-bond donors (Lipinski definition) is 3. The summed E-state index contributed by atoms with van der Waals surface area (Å²) >= 11 is 2.52. The van der Waals surface area contributed by atoms with Crippen molar-refractivity contribution >= 4 is 57.7 Å². The maximum atomic E-state index is 13.0. The van der Waals surface area contributed by atoms with E-state index in [0.29, 0.717) is 17.9 Å². The number of nitrogens with one attached hydrogen (secondary N) is 2. The van der Waals surface area contributed by atoms with Crippen molar-refractivity contribution in [2.75, 3.05) is 11.1 Å². The van der Waals surface area contributed by atoms with Crippen LogP contribution in [0.2, 0.25) is 0 Å². The second kappa shape index (κ2) is 9.33. The lowest BCUT2D eigenvalue weighted by molar-refractivity contribution is -0.150. The lowest BCUT2D eigenvalue weighted by Gasteiger charge is -2.48. The number of aromatic nitrogens is 1. The van der Waals surface area contributed by atoms with Crippen molar-refractivity contribution in [2.24, 2.45) is 0 Å². The van der Waals surface area contributed by atoms with Crippen molar-refractivity contribution in [3.05, 3.63) is 28.9 Å². The number of hydrogen-bond acceptors (Lipinski definition) is 8. The van der Waals surface area contributed by atoms with Gasteiger partial charge in [-0.25, -0.2) is 14.6 Å². The third-order valence-corrected chi connectivity index (χ3v) is 6.33. The average molecular weight is 481 g/mol. The van der Waals surface area contributed by atoms with Gasteiger partial charge in [-0.05, 0) is 33.3 Å². The van der Waals surface area contributed by atoms with Crippen molar-refractivity contribution < 1.29 is 29.0 Å².